The van der Waals surface area contributed by atoms with E-state index in [-0.39, 0.29) is 11.3 Å². The highest BCUT2D eigenvalue weighted by molar-refractivity contribution is 5.91. The maximum absolute atomic E-state index is 14.3. The van der Waals surface area contributed by atoms with Gasteiger partial charge in [0.15, 0.2) is 11.6 Å². The van der Waals surface area contributed by atoms with Crippen molar-refractivity contribution in [3.8, 4) is 11.5 Å². The first-order valence-electron chi connectivity index (χ1n) is 9.32. The highest BCUT2D eigenvalue weighted by Crippen LogP contribution is 2.32. The molecule has 0 unspecified atom stereocenters. The number of carbonyl (C=O) groups excluding carboxylic acids is 1. The van der Waals surface area contributed by atoms with Crippen LogP contribution in [-0.4, -0.2) is 11.6 Å². The molecular weight excluding hydrogens is 331 g/mol. The van der Waals surface area contributed by atoms with Crippen molar-refractivity contribution in [2.75, 3.05) is 0 Å². The minimum absolute atomic E-state index is 0.121. The number of esters is 1. The summed E-state index contributed by atoms with van der Waals surface area (Å²) in [6, 6.07) is 13.0. The number of rotatable bonds is 4. The maximum Gasteiger partial charge on any atom is 0.343 e. The molecule has 3 nitrogen and oxygen atoms in total. The molecule has 26 heavy (non-hydrogen) atoms. The molecule has 1 fully saturated rings. The van der Waals surface area contributed by atoms with E-state index in [0.29, 0.717) is 5.75 Å². The molecule has 1 saturated carbocycles. The summed E-state index contributed by atoms with van der Waals surface area (Å²) >= 11 is 0. The average Bonchev–Trinajstić information content (AvgIpc) is 2.61. The quantitative estimate of drug-likeness (QED) is 0.503. The topological polar surface area (TPSA) is 35.5 Å². The zero-order valence-electron chi connectivity index (χ0n) is 15.2. The first-order valence-corrected chi connectivity index (χ1v) is 9.32. The first-order chi connectivity index (χ1) is 12.6. The molecule has 2 aromatic carbocycles. The molecule has 1 aliphatic rings. The fourth-order valence-electron chi connectivity index (χ4n) is 3.38. The van der Waals surface area contributed by atoms with E-state index in [1.807, 2.05) is 13.0 Å². The van der Waals surface area contributed by atoms with Gasteiger partial charge in [-0.2, -0.15) is 0 Å². The van der Waals surface area contributed by atoms with Crippen molar-refractivity contribution in [1.82, 2.24) is 0 Å². The Balaban J connectivity index is 1.75. The van der Waals surface area contributed by atoms with E-state index in [0.717, 1.165) is 25.7 Å². The molecule has 0 spiro atoms. The van der Waals surface area contributed by atoms with Gasteiger partial charge in [0.05, 0.1) is 5.56 Å². The molecule has 0 heterocycles. The SMILES string of the molecule is CC1(Oc2cc(C(=O)Oc3ccccc3)ccc2F)CCCCCCC1. The lowest BCUT2D eigenvalue weighted by Gasteiger charge is -2.32. The second-order valence-corrected chi connectivity index (χ2v) is 7.17. The van der Waals surface area contributed by atoms with Gasteiger partial charge in [0.2, 0.25) is 0 Å². The first kappa shape index (κ1) is 18.4. The van der Waals surface area contributed by atoms with Crippen LogP contribution < -0.4 is 9.47 Å². The van der Waals surface area contributed by atoms with Gasteiger partial charge in [0.1, 0.15) is 11.4 Å². The zero-order chi connectivity index (χ0) is 18.4. The van der Waals surface area contributed by atoms with Gasteiger partial charge in [-0.05, 0) is 62.9 Å². The highest BCUT2D eigenvalue weighted by Gasteiger charge is 2.28. The number of ether oxygens (including phenoxy) is 2. The van der Waals surface area contributed by atoms with Crippen LogP contribution in [0, 0.1) is 5.82 Å². The fraction of sp³-hybridized carbons (Fsp3) is 0.409. The Kier molecular flexibility index (Phi) is 5.92. The number of hydrogen-bond acceptors (Lipinski definition) is 3. The standard InChI is InChI=1S/C22H25FO3/c1-22(14-8-3-2-4-9-15-22)26-20-16-17(12-13-19(20)23)21(24)25-18-10-6-5-7-11-18/h5-7,10-13,16H,2-4,8-9,14-15H2,1H3. The molecule has 0 amide bonds. The van der Waals surface area contributed by atoms with Crippen molar-refractivity contribution in [1.29, 1.82) is 0 Å². The van der Waals surface area contributed by atoms with Crippen LogP contribution in [0.25, 0.3) is 0 Å². The molecule has 0 aromatic heterocycles. The summed E-state index contributed by atoms with van der Waals surface area (Å²) in [6.45, 7) is 2.03. The molecule has 0 saturated heterocycles. The van der Waals surface area contributed by atoms with Crippen molar-refractivity contribution >= 4 is 5.97 Å². The van der Waals surface area contributed by atoms with Crippen LogP contribution in [-0.2, 0) is 0 Å². The molecule has 0 aliphatic heterocycles. The summed E-state index contributed by atoms with van der Waals surface area (Å²) < 4.78 is 25.7. The summed E-state index contributed by atoms with van der Waals surface area (Å²) in [5.74, 6) is -0.403. The number of hydrogen-bond donors (Lipinski definition) is 0. The molecule has 0 radical (unpaired) electrons. The Morgan fingerprint density at radius 3 is 2.31 bits per heavy atom. The lowest BCUT2D eigenvalue weighted by Crippen LogP contribution is -2.33. The summed E-state index contributed by atoms with van der Waals surface area (Å²) in [7, 11) is 0. The minimum atomic E-state index is -0.524. The van der Waals surface area contributed by atoms with Gasteiger partial charge >= 0.3 is 5.97 Å². The second kappa shape index (κ2) is 8.35. The summed E-state index contributed by atoms with van der Waals surface area (Å²) in [4.78, 5) is 12.3. The number of carbonyl (C=O) groups is 1. The van der Waals surface area contributed by atoms with Crippen LogP contribution in [0.15, 0.2) is 48.5 Å². The van der Waals surface area contributed by atoms with Gasteiger partial charge in [-0.1, -0.05) is 37.5 Å². The van der Waals surface area contributed by atoms with E-state index in [1.165, 1.54) is 37.5 Å². The van der Waals surface area contributed by atoms with Crippen LogP contribution in [0.2, 0.25) is 0 Å². The fourth-order valence-corrected chi connectivity index (χ4v) is 3.38. The van der Waals surface area contributed by atoms with E-state index in [9.17, 15) is 9.18 Å². The number of para-hydroxylation sites is 1. The molecule has 0 bridgehead atoms. The van der Waals surface area contributed by atoms with Crippen molar-refractivity contribution in [2.24, 2.45) is 0 Å². The second-order valence-electron chi connectivity index (χ2n) is 7.17. The van der Waals surface area contributed by atoms with E-state index >= 15 is 0 Å². The predicted octanol–water partition coefficient (Wildman–Crippen LogP) is 5.93. The average molecular weight is 356 g/mol. The van der Waals surface area contributed by atoms with Gasteiger partial charge < -0.3 is 9.47 Å². The van der Waals surface area contributed by atoms with Crippen molar-refractivity contribution < 1.29 is 18.7 Å². The van der Waals surface area contributed by atoms with Gasteiger partial charge in [-0.15, -0.1) is 0 Å². The summed E-state index contributed by atoms with van der Waals surface area (Å²) in [5.41, 5.74) is -0.122. The van der Waals surface area contributed by atoms with Gasteiger partial charge in [-0.25, -0.2) is 9.18 Å². The third kappa shape index (κ3) is 4.84. The highest BCUT2D eigenvalue weighted by atomic mass is 19.1. The Hall–Kier alpha value is -2.36. The van der Waals surface area contributed by atoms with E-state index in [1.54, 1.807) is 24.3 Å². The van der Waals surface area contributed by atoms with Crippen LogP contribution >= 0.6 is 0 Å². The predicted molar refractivity (Wildman–Crippen MR) is 99.2 cm³/mol. The number of halogens is 1. The molecule has 2 aromatic rings. The maximum atomic E-state index is 14.3. The Morgan fingerprint density at radius 1 is 0.962 bits per heavy atom. The third-order valence-electron chi connectivity index (χ3n) is 4.89. The van der Waals surface area contributed by atoms with Gasteiger partial charge in [0.25, 0.3) is 0 Å². The monoisotopic (exact) mass is 356 g/mol. The van der Waals surface area contributed by atoms with Crippen molar-refractivity contribution in [3.63, 3.8) is 0 Å². The molecule has 1 aliphatic carbocycles. The zero-order valence-corrected chi connectivity index (χ0v) is 15.2. The smallest absolute Gasteiger partial charge is 0.343 e. The van der Waals surface area contributed by atoms with E-state index in [2.05, 4.69) is 0 Å². The van der Waals surface area contributed by atoms with Gasteiger partial charge in [-0.3, -0.25) is 0 Å². The van der Waals surface area contributed by atoms with Crippen LogP contribution in [0.1, 0.15) is 62.2 Å². The summed E-state index contributed by atoms with van der Waals surface area (Å²) in [6.07, 6.45) is 7.57. The molecule has 138 valence electrons. The summed E-state index contributed by atoms with van der Waals surface area (Å²) in [5, 5.41) is 0. The van der Waals surface area contributed by atoms with Gasteiger partial charge in [0, 0.05) is 0 Å². The lowest BCUT2D eigenvalue weighted by atomic mass is 9.88. The molecular formula is C22H25FO3. The molecule has 4 heteroatoms. The Bertz CT molecular complexity index is 734. The van der Waals surface area contributed by atoms with Crippen LogP contribution in [0.4, 0.5) is 4.39 Å². The third-order valence-corrected chi connectivity index (χ3v) is 4.89. The largest absolute Gasteiger partial charge is 0.484 e. The number of benzene rings is 2. The van der Waals surface area contributed by atoms with Crippen molar-refractivity contribution in [2.45, 2.75) is 57.5 Å². The lowest BCUT2D eigenvalue weighted by molar-refractivity contribution is 0.0546. The normalized spacial score (nSPS) is 17.0. The van der Waals surface area contributed by atoms with Crippen LogP contribution in [0.3, 0.4) is 0 Å². The van der Waals surface area contributed by atoms with E-state index < -0.39 is 17.4 Å². The Labute approximate surface area is 154 Å². The Morgan fingerprint density at radius 2 is 1.62 bits per heavy atom. The van der Waals surface area contributed by atoms with Crippen molar-refractivity contribution in [3.05, 3.63) is 59.9 Å². The van der Waals surface area contributed by atoms with Crippen LogP contribution in [0.5, 0.6) is 11.5 Å². The molecule has 0 atom stereocenters. The minimum Gasteiger partial charge on any atom is -0.484 e. The molecule has 3 rings (SSSR count). The van der Waals surface area contributed by atoms with E-state index in [4.69, 9.17) is 9.47 Å². The molecule has 0 N–H and O–H groups in total.